The first-order chi connectivity index (χ1) is 21.1. The van der Waals surface area contributed by atoms with E-state index in [2.05, 4.69) is 21.3 Å². The van der Waals surface area contributed by atoms with Crippen molar-refractivity contribution in [2.45, 2.75) is 48.5 Å². The van der Waals surface area contributed by atoms with Crippen LogP contribution in [0.25, 0.3) is 0 Å². The summed E-state index contributed by atoms with van der Waals surface area (Å²) in [4.78, 5) is 42.4. The third-order valence-corrected chi connectivity index (χ3v) is 5.45. The van der Waals surface area contributed by atoms with E-state index in [0.717, 1.165) is 22.6 Å². The van der Waals surface area contributed by atoms with Crippen LogP contribution in [0, 0.1) is 20.8 Å². The van der Waals surface area contributed by atoms with Crippen LogP contribution in [0.4, 0.5) is 22.7 Å². The summed E-state index contributed by atoms with van der Waals surface area (Å²) >= 11 is 0. The maximum atomic E-state index is 10.7. The summed E-state index contributed by atoms with van der Waals surface area (Å²) in [7, 11) is 0. The van der Waals surface area contributed by atoms with Gasteiger partial charge in [-0.15, -0.1) is 0 Å². The van der Waals surface area contributed by atoms with Crippen LogP contribution in [-0.4, -0.2) is 33.8 Å². The Bertz CT molecular complexity index is 1400. The minimum atomic E-state index is -0.115. The SMILES string of the molecule is CC(=O)Nc1ccc(C)cc1.CC(=O)Nc1ccc(C)cc1.CC(=O)Nc1ccc(O)cc1.CC(=O)Nc1ccc(O)cc1C. The van der Waals surface area contributed by atoms with Crippen molar-refractivity contribution in [1.29, 1.82) is 0 Å². The number of aryl methyl sites for hydroxylation is 3. The van der Waals surface area contributed by atoms with Crippen molar-refractivity contribution in [3.63, 3.8) is 0 Å². The quantitative estimate of drug-likeness (QED) is 0.137. The van der Waals surface area contributed by atoms with E-state index in [-0.39, 0.29) is 35.1 Å². The largest absolute Gasteiger partial charge is 0.508 e. The summed E-state index contributed by atoms with van der Waals surface area (Å²) in [6, 6.07) is 26.5. The normalized spacial score (nSPS) is 9.31. The molecule has 0 aliphatic rings. The standard InChI is InChI=1S/C9H11NO2.2C9H11NO.C8H9NO2/c1-6-5-8(12)3-4-9(6)10-7(2)11;2*1-7-3-5-9(6-4-7)10-8(2)11;1-6(10)9-7-2-4-8(11)5-3-7/h3-5,12H,1-2H3,(H,10,11);2*3-6H,1-2H3,(H,10,11);2-5,11H,1H3,(H,9,10). The minimum absolute atomic E-state index is 0.0335. The predicted octanol–water partition coefficient (Wildman–Crippen LogP) is 6.92. The highest BCUT2D eigenvalue weighted by molar-refractivity contribution is 5.90. The summed E-state index contributed by atoms with van der Waals surface area (Å²) in [5, 5.41) is 28.6. The van der Waals surface area contributed by atoms with Crippen LogP contribution in [0.15, 0.2) is 91.0 Å². The van der Waals surface area contributed by atoms with Gasteiger partial charge < -0.3 is 31.5 Å². The highest BCUT2D eigenvalue weighted by Crippen LogP contribution is 2.19. The number of hydrogen-bond donors (Lipinski definition) is 6. The molecule has 4 aromatic carbocycles. The highest BCUT2D eigenvalue weighted by atomic mass is 16.3. The molecule has 10 nitrogen and oxygen atoms in total. The first-order valence-corrected chi connectivity index (χ1v) is 14.0. The lowest BCUT2D eigenvalue weighted by Crippen LogP contribution is -2.06. The maximum Gasteiger partial charge on any atom is 0.221 e. The average Bonchev–Trinajstić information content (AvgIpc) is 2.94. The molecular formula is C35H42N4O6. The molecule has 10 heteroatoms. The van der Waals surface area contributed by atoms with E-state index in [4.69, 9.17) is 10.2 Å². The van der Waals surface area contributed by atoms with Crippen LogP contribution in [0.5, 0.6) is 11.5 Å². The molecule has 0 spiro atoms. The number of phenols is 2. The van der Waals surface area contributed by atoms with Gasteiger partial charge in [0.1, 0.15) is 11.5 Å². The topological polar surface area (TPSA) is 157 Å². The van der Waals surface area contributed by atoms with Crippen molar-refractivity contribution in [3.8, 4) is 11.5 Å². The Morgan fingerprint density at radius 2 is 0.756 bits per heavy atom. The number of rotatable bonds is 4. The Morgan fingerprint density at radius 3 is 1.07 bits per heavy atom. The number of benzene rings is 4. The molecular weight excluding hydrogens is 572 g/mol. The van der Waals surface area contributed by atoms with E-state index < -0.39 is 0 Å². The minimum Gasteiger partial charge on any atom is -0.508 e. The summed E-state index contributed by atoms with van der Waals surface area (Å²) in [5.74, 6) is 0.114. The van der Waals surface area contributed by atoms with E-state index in [1.54, 1.807) is 24.3 Å². The van der Waals surface area contributed by atoms with E-state index >= 15 is 0 Å². The molecule has 4 aromatic rings. The Hall–Kier alpha value is -5.64. The van der Waals surface area contributed by atoms with Gasteiger partial charge in [-0.2, -0.15) is 0 Å². The molecule has 4 amide bonds. The highest BCUT2D eigenvalue weighted by Gasteiger charge is 2.00. The lowest BCUT2D eigenvalue weighted by atomic mass is 10.2. The summed E-state index contributed by atoms with van der Waals surface area (Å²) < 4.78 is 0. The van der Waals surface area contributed by atoms with E-state index in [1.165, 1.54) is 57.0 Å². The first kappa shape index (κ1) is 37.4. The summed E-state index contributed by atoms with van der Waals surface area (Å²) in [5.41, 5.74) is 6.37. The van der Waals surface area contributed by atoms with Gasteiger partial charge in [-0.25, -0.2) is 0 Å². The van der Waals surface area contributed by atoms with Crippen LogP contribution < -0.4 is 21.3 Å². The summed E-state index contributed by atoms with van der Waals surface area (Å²) in [6.45, 7) is 11.7. The molecule has 0 radical (unpaired) electrons. The van der Waals surface area contributed by atoms with Gasteiger partial charge in [0.15, 0.2) is 0 Å². The smallest absolute Gasteiger partial charge is 0.221 e. The molecule has 0 saturated heterocycles. The summed E-state index contributed by atoms with van der Waals surface area (Å²) in [6.07, 6.45) is 0. The van der Waals surface area contributed by atoms with Gasteiger partial charge in [0.05, 0.1) is 0 Å². The fraction of sp³-hybridized carbons (Fsp3) is 0.200. The molecule has 6 N–H and O–H groups in total. The predicted molar refractivity (Wildman–Crippen MR) is 181 cm³/mol. The number of aromatic hydroxyl groups is 2. The van der Waals surface area contributed by atoms with Crippen LogP contribution in [0.2, 0.25) is 0 Å². The Morgan fingerprint density at radius 1 is 0.444 bits per heavy atom. The van der Waals surface area contributed by atoms with Crippen LogP contribution >= 0.6 is 0 Å². The van der Waals surface area contributed by atoms with Crippen molar-refractivity contribution in [2.24, 2.45) is 0 Å². The Kier molecular flexibility index (Phi) is 16.2. The zero-order chi connectivity index (χ0) is 33.9. The first-order valence-electron chi connectivity index (χ1n) is 14.0. The Labute approximate surface area is 264 Å². The molecule has 0 unspecified atom stereocenters. The third-order valence-electron chi connectivity index (χ3n) is 5.45. The van der Waals surface area contributed by atoms with Gasteiger partial charge in [0.2, 0.25) is 23.6 Å². The van der Waals surface area contributed by atoms with E-state index in [1.807, 2.05) is 69.3 Å². The molecule has 45 heavy (non-hydrogen) atoms. The van der Waals surface area contributed by atoms with Crippen molar-refractivity contribution >= 4 is 46.4 Å². The van der Waals surface area contributed by atoms with E-state index in [0.29, 0.717) is 5.69 Å². The van der Waals surface area contributed by atoms with Gasteiger partial charge in [-0.1, -0.05) is 35.4 Å². The number of nitrogens with one attached hydrogen (secondary N) is 4. The number of anilines is 4. The number of carbonyl (C=O) groups excluding carboxylic acids is 4. The fourth-order valence-electron chi connectivity index (χ4n) is 3.41. The zero-order valence-electron chi connectivity index (χ0n) is 26.7. The molecule has 0 aliphatic carbocycles. The molecule has 238 valence electrons. The molecule has 4 rings (SSSR count). The van der Waals surface area contributed by atoms with Crippen LogP contribution in [-0.2, 0) is 19.2 Å². The molecule has 0 bridgehead atoms. The monoisotopic (exact) mass is 614 g/mol. The van der Waals surface area contributed by atoms with Gasteiger partial charge in [-0.05, 0) is 93.1 Å². The molecule has 0 aromatic heterocycles. The van der Waals surface area contributed by atoms with Crippen LogP contribution in [0.1, 0.15) is 44.4 Å². The molecule has 0 fully saturated rings. The van der Waals surface area contributed by atoms with Gasteiger partial charge >= 0.3 is 0 Å². The van der Waals surface area contributed by atoms with Gasteiger partial charge in [0.25, 0.3) is 0 Å². The molecule has 0 aliphatic heterocycles. The third kappa shape index (κ3) is 17.8. The molecule has 0 heterocycles. The Balaban J connectivity index is 0.000000300. The van der Waals surface area contributed by atoms with Crippen molar-refractivity contribution < 1.29 is 29.4 Å². The lowest BCUT2D eigenvalue weighted by molar-refractivity contribution is -0.115. The molecule has 0 atom stereocenters. The number of amides is 4. The van der Waals surface area contributed by atoms with Crippen molar-refractivity contribution in [2.75, 3.05) is 21.3 Å². The molecule has 0 saturated carbocycles. The van der Waals surface area contributed by atoms with Crippen molar-refractivity contribution in [3.05, 3.63) is 108 Å². The second-order valence-corrected chi connectivity index (χ2v) is 10.0. The second-order valence-electron chi connectivity index (χ2n) is 10.0. The number of hydrogen-bond acceptors (Lipinski definition) is 6. The number of phenolic OH excluding ortho intramolecular Hbond substituents is 2. The van der Waals surface area contributed by atoms with Gasteiger partial charge in [-0.3, -0.25) is 19.2 Å². The van der Waals surface area contributed by atoms with Crippen molar-refractivity contribution in [1.82, 2.24) is 0 Å². The van der Waals surface area contributed by atoms with Crippen LogP contribution in [0.3, 0.4) is 0 Å². The van der Waals surface area contributed by atoms with E-state index in [9.17, 15) is 19.2 Å². The zero-order valence-corrected chi connectivity index (χ0v) is 26.7. The lowest BCUT2D eigenvalue weighted by Gasteiger charge is -2.05. The number of carbonyl (C=O) groups is 4. The second kappa shape index (κ2) is 19.5. The fourth-order valence-corrected chi connectivity index (χ4v) is 3.41. The van der Waals surface area contributed by atoms with Gasteiger partial charge in [0, 0.05) is 50.4 Å². The average molecular weight is 615 g/mol. The maximum absolute atomic E-state index is 10.7.